The van der Waals surface area contributed by atoms with Crippen LogP contribution >= 0.6 is 0 Å². The highest BCUT2D eigenvalue weighted by Gasteiger charge is 2.35. The fourth-order valence-electron chi connectivity index (χ4n) is 3.52. The average Bonchev–Trinajstić information content (AvgIpc) is 2.74. The standard InChI is InChI=1S/C15H26N2O3/c1-3-9(2)14(15(19)20)17-13(18)8-10-6-11-4-5-12(7-10)16-11/h9-12,14,16H,3-8H2,1-2H3,(H,17,18)(H,19,20). The number of carbonyl (C=O) groups is 2. The Labute approximate surface area is 120 Å². The zero-order valence-electron chi connectivity index (χ0n) is 12.4. The summed E-state index contributed by atoms with van der Waals surface area (Å²) in [5, 5.41) is 15.5. The molecule has 114 valence electrons. The van der Waals surface area contributed by atoms with Crippen molar-refractivity contribution < 1.29 is 14.7 Å². The van der Waals surface area contributed by atoms with Gasteiger partial charge in [-0.25, -0.2) is 4.79 Å². The molecule has 3 N–H and O–H groups in total. The summed E-state index contributed by atoms with van der Waals surface area (Å²) in [5.74, 6) is -0.678. The molecule has 0 aliphatic carbocycles. The Morgan fingerprint density at radius 3 is 2.40 bits per heavy atom. The number of amides is 1. The molecule has 2 saturated heterocycles. The second kappa shape index (κ2) is 6.57. The fraction of sp³-hybridized carbons (Fsp3) is 0.867. The second-order valence-electron chi connectivity index (χ2n) is 6.45. The van der Waals surface area contributed by atoms with Crippen LogP contribution in [-0.4, -0.2) is 35.1 Å². The van der Waals surface area contributed by atoms with Crippen molar-refractivity contribution in [1.82, 2.24) is 10.6 Å². The Hall–Kier alpha value is -1.10. The van der Waals surface area contributed by atoms with Gasteiger partial charge in [-0.3, -0.25) is 4.79 Å². The minimum atomic E-state index is -0.932. The quantitative estimate of drug-likeness (QED) is 0.690. The molecule has 2 bridgehead atoms. The van der Waals surface area contributed by atoms with E-state index in [-0.39, 0.29) is 11.8 Å². The van der Waals surface area contributed by atoms with Crippen molar-refractivity contribution in [2.75, 3.05) is 0 Å². The molecule has 0 aromatic heterocycles. The van der Waals surface area contributed by atoms with Crippen molar-refractivity contribution in [2.45, 2.75) is 70.5 Å². The SMILES string of the molecule is CCC(C)C(NC(=O)CC1CC2CCC(C1)N2)C(=O)O. The molecule has 1 amide bonds. The number of piperidine rings is 1. The van der Waals surface area contributed by atoms with Gasteiger partial charge in [0.2, 0.25) is 5.91 Å². The van der Waals surface area contributed by atoms with Crippen molar-refractivity contribution in [3.8, 4) is 0 Å². The van der Waals surface area contributed by atoms with Gasteiger partial charge in [-0.15, -0.1) is 0 Å². The van der Waals surface area contributed by atoms with Gasteiger partial charge in [0.1, 0.15) is 6.04 Å². The fourth-order valence-corrected chi connectivity index (χ4v) is 3.52. The maximum Gasteiger partial charge on any atom is 0.326 e. The molecule has 0 aromatic rings. The molecular weight excluding hydrogens is 256 g/mol. The van der Waals surface area contributed by atoms with Crippen molar-refractivity contribution in [3.05, 3.63) is 0 Å². The van der Waals surface area contributed by atoms with Crippen molar-refractivity contribution in [1.29, 1.82) is 0 Å². The molecule has 4 atom stereocenters. The molecule has 2 rings (SSSR count). The Balaban J connectivity index is 1.83. The van der Waals surface area contributed by atoms with E-state index in [0.717, 1.165) is 19.3 Å². The highest BCUT2D eigenvalue weighted by molar-refractivity contribution is 5.83. The Bertz CT molecular complexity index is 360. The van der Waals surface area contributed by atoms with Crippen LogP contribution in [0, 0.1) is 11.8 Å². The van der Waals surface area contributed by atoms with Crippen LogP contribution in [0.5, 0.6) is 0 Å². The monoisotopic (exact) mass is 282 g/mol. The minimum absolute atomic E-state index is 0.0411. The van der Waals surface area contributed by atoms with Gasteiger partial charge < -0.3 is 15.7 Å². The van der Waals surface area contributed by atoms with Gasteiger partial charge >= 0.3 is 5.97 Å². The number of carbonyl (C=O) groups excluding carboxylic acids is 1. The van der Waals surface area contributed by atoms with Gasteiger partial charge in [0, 0.05) is 18.5 Å². The normalized spacial score (nSPS) is 31.6. The van der Waals surface area contributed by atoms with Crippen LogP contribution in [0.1, 0.15) is 52.4 Å². The van der Waals surface area contributed by atoms with E-state index < -0.39 is 12.0 Å². The smallest absolute Gasteiger partial charge is 0.326 e. The van der Waals surface area contributed by atoms with Crippen LogP contribution in [-0.2, 0) is 9.59 Å². The molecule has 5 heteroatoms. The lowest BCUT2D eigenvalue weighted by molar-refractivity contribution is -0.143. The van der Waals surface area contributed by atoms with E-state index in [4.69, 9.17) is 0 Å². The van der Waals surface area contributed by atoms with Crippen LogP contribution in [0.3, 0.4) is 0 Å². The number of aliphatic carboxylic acids is 1. The summed E-state index contributed by atoms with van der Waals surface area (Å²) in [5.41, 5.74) is 0. The van der Waals surface area contributed by atoms with Crippen LogP contribution in [0.25, 0.3) is 0 Å². The number of carboxylic acid groups (broad SMARTS) is 1. The van der Waals surface area contributed by atoms with E-state index in [1.54, 1.807) is 0 Å². The number of fused-ring (bicyclic) bond motifs is 2. The average molecular weight is 282 g/mol. The third-order valence-electron chi connectivity index (χ3n) is 4.84. The molecule has 0 aromatic carbocycles. The van der Waals surface area contributed by atoms with Crippen molar-refractivity contribution >= 4 is 11.9 Å². The third kappa shape index (κ3) is 3.72. The number of nitrogens with one attached hydrogen (secondary N) is 2. The Morgan fingerprint density at radius 2 is 1.90 bits per heavy atom. The first-order valence-corrected chi connectivity index (χ1v) is 7.77. The first kappa shape index (κ1) is 15.3. The maximum atomic E-state index is 12.1. The first-order chi connectivity index (χ1) is 9.49. The summed E-state index contributed by atoms with van der Waals surface area (Å²) in [6.07, 6.45) is 5.74. The number of hydrogen-bond donors (Lipinski definition) is 3. The summed E-state index contributed by atoms with van der Waals surface area (Å²) in [6, 6.07) is 0.374. The van der Waals surface area contributed by atoms with Gasteiger partial charge in [-0.1, -0.05) is 20.3 Å². The molecule has 5 nitrogen and oxygen atoms in total. The van der Waals surface area contributed by atoms with Crippen molar-refractivity contribution in [2.24, 2.45) is 11.8 Å². The second-order valence-corrected chi connectivity index (χ2v) is 6.45. The van der Waals surface area contributed by atoms with Crippen LogP contribution in [0.4, 0.5) is 0 Å². The highest BCUT2D eigenvalue weighted by atomic mass is 16.4. The van der Waals surface area contributed by atoms with Gasteiger partial charge in [0.25, 0.3) is 0 Å². The molecule has 20 heavy (non-hydrogen) atoms. The summed E-state index contributed by atoms with van der Waals surface area (Å²) in [6.45, 7) is 3.81. The molecule has 0 saturated carbocycles. The predicted octanol–water partition coefficient (Wildman–Crippen LogP) is 1.52. The minimum Gasteiger partial charge on any atom is -0.480 e. The van der Waals surface area contributed by atoms with Crippen molar-refractivity contribution in [3.63, 3.8) is 0 Å². The Morgan fingerprint density at radius 1 is 1.30 bits per heavy atom. The molecule has 0 spiro atoms. The lowest BCUT2D eigenvalue weighted by atomic mass is 9.89. The van der Waals surface area contributed by atoms with Gasteiger partial charge in [-0.2, -0.15) is 0 Å². The largest absolute Gasteiger partial charge is 0.480 e. The number of hydrogen-bond acceptors (Lipinski definition) is 3. The van der Waals surface area contributed by atoms with Gasteiger partial charge in [0.15, 0.2) is 0 Å². The van der Waals surface area contributed by atoms with Crippen LogP contribution < -0.4 is 10.6 Å². The van der Waals surface area contributed by atoms with Crippen LogP contribution in [0.2, 0.25) is 0 Å². The lowest BCUT2D eigenvalue weighted by Crippen LogP contribution is -2.46. The van der Waals surface area contributed by atoms with E-state index in [0.29, 0.717) is 24.4 Å². The molecule has 4 unspecified atom stereocenters. The molecule has 2 fully saturated rings. The molecule has 2 aliphatic rings. The molecule has 2 aliphatic heterocycles. The molecule has 2 heterocycles. The summed E-state index contributed by atoms with van der Waals surface area (Å²) >= 11 is 0. The molecule has 0 radical (unpaired) electrons. The summed E-state index contributed by atoms with van der Waals surface area (Å²) in [7, 11) is 0. The highest BCUT2D eigenvalue weighted by Crippen LogP contribution is 2.32. The van der Waals surface area contributed by atoms with E-state index in [9.17, 15) is 14.7 Å². The zero-order valence-corrected chi connectivity index (χ0v) is 12.4. The van der Waals surface area contributed by atoms with E-state index >= 15 is 0 Å². The summed E-state index contributed by atoms with van der Waals surface area (Å²) in [4.78, 5) is 23.3. The number of rotatable bonds is 6. The van der Waals surface area contributed by atoms with E-state index in [1.807, 2.05) is 13.8 Å². The van der Waals surface area contributed by atoms with Gasteiger partial charge in [-0.05, 0) is 37.5 Å². The van der Waals surface area contributed by atoms with Crippen LogP contribution in [0.15, 0.2) is 0 Å². The number of carboxylic acids is 1. The van der Waals surface area contributed by atoms with E-state index in [2.05, 4.69) is 10.6 Å². The maximum absolute atomic E-state index is 12.1. The lowest BCUT2D eigenvalue weighted by Gasteiger charge is -2.29. The Kier molecular flexibility index (Phi) is 5.02. The predicted molar refractivity (Wildman–Crippen MR) is 76.3 cm³/mol. The van der Waals surface area contributed by atoms with E-state index in [1.165, 1.54) is 12.8 Å². The summed E-state index contributed by atoms with van der Waals surface area (Å²) < 4.78 is 0. The van der Waals surface area contributed by atoms with Gasteiger partial charge in [0.05, 0.1) is 0 Å². The third-order valence-corrected chi connectivity index (χ3v) is 4.84. The molecular formula is C15H26N2O3. The topological polar surface area (TPSA) is 78.4 Å². The zero-order chi connectivity index (χ0) is 14.7. The first-order valence-electron chi connectivity index (χ1n) is 7.77.